The highest BCUT2D eigenvalue weighted by atomic mass is 16.7. The van der Waals surface area contributed by atoms with Gasteiger partial charge in [0.05, 0.1) is 11.5 Å². The van der Waals surface area contributed by atoms with E-state index in [9.17, 15) is 40.4 Å². The fraction of sp³-hybridized carbons (Fsp3) is 0.500. The molecule has 0 aromatic heterocycles. The Bertz CT molecular complexity index is 667. The number of carbonyl (C=O) groups excluding carboxylic acids is 1. The molecule has 0 bridgehead atoms. The van der Waals surface area contributed by atoms with Gasteiger partial charge in [-0.3, -0.25) is 14.9 Å². The molecule has 1 aliphatic rings. The molecular formula is C14H18N2O9. The fourth-order valence-corrected chi connectivity index (χ4v) is 2.70. The van der Waals surface area contributed by atoms with E-state index in [1.807, 2.05) is 5.32 Å². The Kier molecular flexibility index (Phi) is 5.09. The smallest absolute Gasteiger partial charge is 0.269 e. The molecule has 11 nitrogen and oxygen atoms in total. The Labute approximate surface area is 141 Å². The van der Waals surface area contributed by atoms with Gasteiger partial charge in [-0.25, -0.2) is 0 Å². The second-order valence-electron chi connectivity index (χ2n) is 5.67. The minimum Gasteiger partial charge on any atom is -0.394 e. The van der Waals surface area contributed by atoms with Gasteiger partial charge >= 0.3 is 0 Å². The largest absolute Gasteiger partial charge is 0.394 e. The minimum absolute atomic E-state index is 0.251. The van der Waals surface area contributed by atoms with Gasteiger partial charge in [0.15, 0.2) is 0 Å². The van der Waals surface area contributed by atoms with E-state index in [2.05, 4.69) is 0 Å². The van der Waals surface area contributed by atoms with Crippen LogP contribution >= 0.6 is 0 Å². The third-order valence-electron chi connectivity index (χ3n) is 3.99. The molecule has 6 N–H and O–H groups in total. The third-order valence-corrected chi connectivity index (χ3v) is 3.99. The molecule has 1 heterocycles. The van der Waals surface area contributed by atoms with Crippen LogP contribution in [0.25, 0.3) is 0 Å². The van der Waals surface area contributed by atoms with Crippen molar-refractivity contribution in [2.75, 3.05) is 6.61 Å². The molecule has 11 heteroatoms. The number of hydrogen-bond donors (Lipinski definition) is 6. The number of rotatable bonds is 4. The second-order valence-corrected chi connectivity index (χ2v) is 5.67. The monoisotopic (exact) mass is 358 g/mol. The van der Waals surface area contributed by atoms with Gasteiger partial charge in [-0.05, 0) is 12.1 Å². The normalized spacial score (nSPS) is 35.2. The average Bonchev–Trinajstić information content (AvgIpc) is 2.56. The molecule has 25 heavy (non-hydrogen) atoms. The minimum atomic E-state index is -2.89. The molecule has 0 radical (unpaired) electrons. The summed E-state index contributed by atoms with van der Waals surface area (Å²) in [6, 6.07) is 4.11. The van der Waals surface area contributed by atoms with Crippen LogP contribution < -0.4 is 5.32 Å². The van der Waals surface area contributed by atoms with Crippen LogP contribution in [0.5, 0.6) is 0 Å². The summed E-state index contributed by atoms with van der Waals surface area (Å²) in [6.45, 7) is 0.176. The molecule has 0 saturated carbocycles. The first kappa shape index (κ1) is 19.2. The van der Waals surface area contributed by atoms with E-state index in [0.29, 0.717) is 0 Å². The Morgan fingerprint density at radius 3 is 2.32 bits per heavy atom. The molecule has 1 aromatic carbocycles. The predicted molar refractivity (Wildman–Crippen MR) is 79.7 cm³/mol. The SMILES string of the molecule is CC(=O)N[C@@]1(O)[C@@H](O)[C@H](O)[C@@H](CO)OC1(O)c1ccc([N+](=O)[O-])cc1. The number of benzene rings is 1. The predicted octanol–water partition coefficient (Wildman–Crippen LogP) is -2.32. The Hall–Kier alpha value is -2.15. The first-order valence-electron chi connectivity index (χ1n) is 7.20. The summed E-state index contributed by atoms with van der Waals surface area (Å²) in [6.07, 6.45) is -5.47. The highest BCUT2D eigenvalue weighted by Crippen LogP contribution is 2.42. The number of non-ortho nitro benzene ring substituents is 1. The third kappa shape index (κ3) is 3.08. The Morgan fingerprint density at radius 1 is 1.32 bits per heavy atom. The molecule has 2 rings (SSSR count). The van der Waals surface area contributed by atoms with Gasteiger partial charge in [-0.15, -0.1) is 0 Å². The van der Waals surface area contributed by atoms with Crippen molar-refractivity contribution in [1.82, 2.24) is 5.32 Å². The maximum atomic E-state index is 11.4. The van der Waals surface area contributed by atoms with E-state index in [1.54, 1.807) is 0 Å². The molecule has 5 atom stereocenters. The van der Waals surface area contributed by atoms with Gasteiger partial charge < -0.3 is 35.6 Å². The van der Waals surface area contributed by atoms with Gasteiger partial charge in [0.2, 0.25) is 17.4 Å². The molecule has 1 fully saturated rings. The fourth-order valence-electron chi connectivity index (χ4n) is 2.70. The number of aliphatic hydroxyl groups is 5. The molecule has 1 saturated heterocycles. The number of ether oxygens (including phenoxy) is 1. The zero-order valence-electron chi connectivity index (χ0n) is 13.1. The molecule has 1 aliphatic heterocycles. The summed E-state index contributed by atoms with van der Waals surface area (Å²) < 4.78 is 5.17. The van der Waals surface area contributed by atoms with Gasteiger partial charge in [-0.2, -0.15) is 0 Å². The molecule has 138 valence electrons. The van der Waals surface area contributed by atoms with Crippen molar-refractivity contribution in [3.8, 4) is 0 Å². The highest BCUT2D eigenvalue weighted by molar-refractivity contribution is 5.74. The zero-order valence-corrected chi connectivity index (χ0v) is 13.1. The Morgan fingerprint density at radius 2 is 1.88 bits per heavy atom. The number of hydrogen-bond acceptors (Lipinski definition) is 9. The van der Waals surface area contributed by atoms with E-state index in [0.717, 1.165) is 31.2 Å². The van der Waals surface area contributed by atoms with Crippen LogP contribution in [0.1, 0.15) is 12.5 Å². The van der Waals surface area contributed by atoms with Crippen LogP contribution in [0.15, 0.2) is 24.3 Å². The highest BCUT2D eigenvalue weighted by Gasteiger charge is 2.65. The van der Waals surface area contributed by atoms with E-state index in [-0.39, 0.29) is 11.3 Å². The average molecular weight is 358 g/mol. The maximum Gasteiger partial charge on any atom is 0.269 e. The summed E-state index contributed by atoms with van der Waals surface area (Å²) in [4.78, 5) is 21.5. The summed E-state index contributed by atoms with van der Waals surface area (Å²) in [7, 11) is 0. The Balaban J connectivity index is 2.57. The van der Waals surface area contributed by atoms with Gasteiger partial charge in [0.1, 0.15) is 18.3 Å². The van der Waals surface area contributed by atoms with E-state index < -0.39 is 47.3 Å². The first-order valence-corrected chi connectivity index (χ1v) is 7.20. The number of amides is 1. The zero-order chi connectivity index (χ0) is 19.0. The standard InChI is InChI=1S/C14H18N2O9/c1-7(18)15-13(21)12(20)11(19)10(6-17)25-14(13,22)8-2-4-9(5-3-8)16(23)24/h2-5,10-12,17,19-22H,6H2,1H3,(H,15,18)/t10-,11-,12+,13-,14?/m1/s1. The van der Waals surface area contributed by atoms with Crippen molar-refractivity contribution in [2.24, 2.45) is 0 Å². The summed E-state index contributed by atoms with van der Waals surface area (Å²) in [5, 5.41) is 63.7. The summed E-state index contributed by atoms with van der Waals surface area (Å²) >= 11 is 0. The van der Waals surface area contributed by atoms with Crippen molar-refractivity contribution in [2.45, 2.75) is 36.7 Å². The van der Waals surface area contributed by atoms with E-state index in [1.165, 1.54) is 0 Å². The summed E-state index contributed by atoms with van der Waals surface area (Å²) in [5.74, 6) is -3.67. The number of nitro groups is 1. The van der Waals surface area contributed by atoms with Crippen LogP contribution in [0.4, 0.5) is 5.69 Å². The van der Waals surface area contributed by atoms with Crippen molar-refractivity contribution in [1.29, 1.82) is 0 Å². The van der Waals surface area contributed by atoms with Crippen molar-refractivity contribution < 1.29 is 40.0 Å². The molecule has 1 unspecified atom stereocenters. The van der Waals surface area contributed by atoms with Crippen molar-refractivity contribution in [3.63, 3.8) is 0 Å². The molecule has 0 spiro atoms. The van der Waals surface area contributed by atoms with Gasteiger partial charge in [0.25, 0.3) is 5.69 Å². The van der Waals surface area contributed by atoms with E-state index >= 15 is 0 Å². The lowest BCUT2D eigenvalue weighted by molar-refractivity contribution is -0.404. The van der Waals surface area contributed by atoms with Crippen LogP contribution in [-0.2, 0) is 15.3 Å². The van der Waals surface area contributed by atoms with E-state index in [4.69, 9.17) is 4.74 Å². The summed E-state index contributed by atoms with van der Waals surface area (Å²) in [5.41, 5.74) is -3.45. The maximum absolute atomic E-state index is 11.4. The lowest BCUT2D eigenvalue weighted by atomic mass is 9.82. The van der Waals surface area contributed by atoms with Crippen molar-refractivity contribution in [3.05, 3.63) is 39.9 Å². The molecule has 1 aromatic rings. The topological polar surface area (TPSA) is 183 Å². The number of aliphatic hydroxyl groups excluding tert-OH is 3. The van der Waals surface area contributed by atoms with Crippen LogP contribution in [0, 0.1) is 10.1 Å². The first-order chi connectivity index (χ1) is 11.6. The van der Waals surface area contributed by atoms with Crippen LogP contribution in [0.2, 0.25) is 0 Å². The lowest BCUT2D eigenvalue weighted by Gasteiger charge is -2.52. The van der Waals surface area contributed by atoms with Gasteiger partial charge in [-0.1, -0.05) is 0 Å². The molecule has 0 aliphatic carbocycles. The van der Waals surface area contributed by atoms with Crippen LogP contribution in [0.3, 0.4) is 0 Å². The van der Waals surface area contributed by atoms with Gasteiger partial charge in [0, 0.05) is 24.6 Å². The van der Waals surface area contributed by atoms with Crippen LogP contribution in [-0.4, -0.2) is 67.0 Å². The van der Waals surface area contributed by atoms with Crippen molar-refractivity contribution >= 4 is 11.6 Å². The number of nitro benzene ring substituents is 1. The quantitative estimate of drug-likeness (QED) is 0.195. The molecular weight excluding hydrogens is 340 g/mol. The number of nitrogens with zero attached hydrogens (tertiary/aromatic N) is 1. The second kappa shape index (κ2) is 6.63. The number of carbonyl (C=O) groups is 1. The number of nitrogens with one attached hydrogen (secondary N) is 1. The lowest BCUT2D eigenvalue weighted by Crippen LogP contribution is -2.77. The molecule has 1 amide bonds.